The standard InChI is InChI=1S/C129H195N3O6/c1-7-13-19-25-31-37-43-49-55-61-67-73-103-133-121-100-91-115(109-124(121)136-106-76-70-64-58-52-46-40-34-28-22-16-10-4)82-79-112-85-94-118(95-86-112)127-130-128(119-96-87-113(88-97-119)80-83-116-92-101-122(134-104-74-68-62-56-50-44-38-32-26-20-14-8-2)125(110-116)137-107-77-71-65-59-53-47-41-35-29-23-17-11-5)132-129(131-127)120-98-89-114(90-99-120)81-84-117-93-102-123(135-105-75-69-63-57-51-45-39-33-27-21-15-9-3)126(111-117)138-108-78-72-66-60-54-48-42-36-30-24-18-12-6/h85-102,109-111H,7-78,103-108H2,1-6H3. The van der Waals surface area contributed by atoms with Gasteiger partial charge in [-0.15, -0.1) is 0 Å². The molecular formula is C129H195N3O6. The first-order chi connectivity index (χ1) is 68.4. The summed E-state index contributed by atoms with van der Waals surface area (Å²) in [5.74, 6) is 27.4. The van der Waals surface area contributed by atoms with E-state index in [1.54, 1.807) is 0 Å². The number of ether oxygens (including phenoxy) is 6. The van der Waals surface area contributed by atoms with Crippen molar-refractivity contribution in [2.24, 2.45) is 0 Å². The second kappa shape index (κ2) is 82.4. The van der Waals surface area contributed by atoms with Gasteiger partial charge in [-0.3, -0.25) is 0 Å². The van der Waals surface area contributed by atoms with Gasteiger partial charge in [0.15, 0.2) is 52.0 Å². The van der Waals surface area contributed by atoms with E-state index in [2.05, 4.69) is 204 Å². The maximum atomic E-state index is 6.60. The largest absolute Gasteiger partial charge is 0.490 e. The van der Waals surface area contributed by atoms with E-state index in [-0.39, 0.29) is 0 Å². The van der Waals surface area contributed by atoms with Gasteiger partial charge in [-0.05, 0) is 166 Å². The molecule has 0 N–H and O–H groups in total. The zero-order chi connectivity index (χ0) is 97.0. The van der Waals surface area contributed by atoms with Gasteiger partial charge >= 0.3 is 0 Å². The molecule has 0 aliphatic rings. The van der Waals surface area contributed by atoms with Crippen LogP contribution in [0, 0.1) is 35.5 Å². The zero-order valence-electron chi connectivity index (χ0n) is 89.1. The van der Waals surface area contributed by atoms with E-state index in [1.165, 1.54) is 424 Å². The molecule has 0 bridgehead atoms. The average molecular weight is 1880 g/mol. The van der Waals surface area contributed by atoms with E-state index in [9.17, 15) is 0 Å². The lowest BCUT2D eigenvalue weighted by Gasteiger charge is -2.13. The molecule has 0 aliphatic heterocycles. The van der Waals surface area contributed by atoms with Crippen LogP contribution in [-0.4, -0.2) is 54.6 Å². The summed E-state index contributed by atoms with van der Waals surface area (Å²) in [6.45, 7) is 17.8. The first kappa shape index (κ1) is 117. The van der Waals surface area contributed by atoms with Crippen LogP contribution in [0.4, 0.5) is 0 Å². The van der Waals surface area contributed by atoms with Crippen LogP contribution in [0.25, 0.3) is 34.2 Å². The van der Waals surface area contributed by atoms with Crippen molar-refractivity contribution >= 4 is 0 Å². The fourth-order valence-corrected chi connectivity index (χ4v) is 18.5. The lowest BCUT2D eigenvalue weighted by molar-refractivity contribution is 0.258. The Labute approximate surface area is 846 Å². The van der Waals surface area contributed by atoms with Crippen molar-refractivity contribution in [2.75, 3.05) is 39.6 Å². The van der Waals surface area contributed by atoms with E-state index < -0.39 is 0 Å². The van der Waals surface area contributed by atoms with Crippen LogP contribution >= 0.6 is 0 Å². The lowest BCUT2D eigenvalue weighted by atomic mass is 10.1. The molecule has 0 spiro atoms. The van der Waals surface area contributed by atoms with Crippen LogP contribution in [0.2, 0.25) is 0 Å². The number of benzene rings is 6. The number of nitrogens with zero attached hydrogens (tertiary/aromatic N) is 3. The predicted molar refractivity (Wildman–Crippen MR) is 593 cm³/mol. The third-order valence-electron chi connectivity index (χ3n) is 27.5. The molecule has 9 heteroatoms. The van der Waals surface area contributed by atoms with E-state index >= 15 is 0 Å². The van der Waals surface area contributed by atoms with Crippen molar-refractivity contribution in [3.05, 3.63) is 161 Å². The van der Waals surface area contributed by atoms with Crippen molar-refractivity contribution in [3.63, 3.8) is 0 Å². The second-order valence-corrected chi connectivity index (χ2v) is 40.2. The molecule has 0 atom stereocenters. The van der Waals surface area contributed by atoms with Crippen LogP contribution in [0.15, 0.2) is 127 Å². The Balaban J connectivity index is 1.09. The summed E-state index contributed by atoms with van der Waals surface area (Å²) in [7, 11) is 0. The predicted octanol–water partition coefficient (Wildman–Crippen LogP) is 39.6. The molecule has 0 radical (unpaired) electrons. The summed E-state index contributed by atoms with van der Waals surface area (Å²) in [5.41, 5.74) is 7.88. The minimum absolute atomic E-state index is 0.563. The van der Waals surface area contributed by atoms with Crippen LogP contribution < -0.4 is 28.4 Å². The summed E-state index contributed by atoms with van der Waals surface area (Å²) in [5, 5.41) is 0. The Morgan fingerprint density at radius 3 is 0.435 bits per heavy atom. The highest BCUT2D eigenvalue weighted by molar-refractivity contribution is 5.68. The highest BCUT2D eigenvalue weighted by Crippen LogP contribution is 2.35. The molecule has 7 rings (SSSR count). The van der Waals surface area contributed by atoms with Gasteiger partial charge in [-0.2, -0.15) is 0 Å². The SMILES string of the molecule is CCCCCCCCCCCCCCOc1ccc(C#Cc2ccc(-c3nc(-c4ccc(C#Cc5ccc(OCCCCCCCCCCCCCC)c(OCCCCCCCCCCCCCC)c5)cc4)nc(-c4ccc(C#Cc5ccc(OCCCCCCCCCCCCCC)c(OCCCCCCCCCCCCCC)c5)cc4)n3)cc2)cc1OCCCCCCCCCCCCCC. The van der Waals surface area contributed by atoms with Gasteiger partial charge in [0.05, 0.1) is 39.6 Å². The number of aromatic nitrogens is 3. The smallest absolute Gasteiger partial charge is 0.164 e. The first-order valence-corrected chi connectivity index (χ1v) is 58.2. The fraction of sp³-hybridized carbons (Fsp3) is 0.651. The molecule has 0 amide bonds. The average Bonchev–Trinajstić information content (AvgIpc) is 0.794. The Kier molecular flexibility index (Phi) is 69.7. The number of hydrogen-bond acceptors (Lipinski definition) is 9. The molecule has 138 heavy (non-hydrogen) atoms. The van der Waals surface area contributed by atoms with Gasteiger partial charge in [0.1, 0.15) is 0 Å². The van der Waals surface area contributed by atoms with E-state index in [0.717, 1.165) is 123 Å². The van der Waals surface area contributed by atoms with Crippen molar-refractivity contribution in [2.45, 2.75) is 504 Å². The van der Waals surface area contributed by atoms with Crippen LogP contribution in [0.5, 0.6) is 34.5 Å². The first-order valence-electron chi connectivity index (χ1n) is 58.2. The summed E-state index contributed by atoms with van der Waals surface area (Å²) >= 11 is 0. The topological polar surface area (TPSA) is 94.1 Å². The molecule has 0 unspecified atom stereocenters. The Morgan fingerprint density at radius 1 is 0.145 bits per heavy atom. The van der Waals surface area contributed by atoms with Crippen LogP contribution in [-0.2, 0) is 0 Å². The summed E-state index contributed by atoms with van der Waals surface area (Å²) in [6, 6.07) is 43.5. The summed E-state index contributed by atoms with van der Waals surface area (Å²) in [6.07, 6.45) is 94.4. The molecule has 9 nitrogen and oxygen atoms in total. The number of unbranched alkanes of at least 4 members (excludes halogenated alkanes) is 66. The Hall–Kier alpha value is -8.19. The maximum absolute atomic E-state index is 6.60. The van der Waals surface area contributed by atoms with Gasteiger partial charge in [-0.25, -0.2) is 15.0 Å². The van der Waals surface area contributed by atoms with E-state index in [1.807, 2.05) is 0 Å². The third-order valence-corrected chi connectivity index (χ3v) is 27.5. The summed E-state index contributed by atoms with van der Waals surface area (Å²) < 4.78 is 39.3. The van der Waals surface area contributed by atoms with Crippen molar-refractivity contribution in [1.82, 2.24) is 15.0 Å². The normalized spacial score (nSPS) is 11.2. The molecule has 0 saturated heterocycles. The molecule has 0 saturated carbocycles. The monoisotopic (exact) mass is 1880 g/mol. The van der Waals surface area contributed by atoms with Gasteiger partial charge < -0.3 is 28.4 Å². The Morgan fingerprint density at radius 2 is 0.275 bits per heavy atom. The van der Waals surface area contributed by atoms with Crippen molar-refractivity contribution in [1.29, 1.82) is 0 Å². The molecule has 0 fully saturated rings. The molecular weight excluding hydrogens is 1690 g/mol. The zero-order valence-corrected chi connectivity index (χ0v) is 89.1. The minimum atomic E-state index is 0.563. The molecule has 6 aromatic carbocycles. The van der Waals surface area contributed by atoms with Crippen molar-refractivity contribution in [3.8, 4) is 104 Å². The lowest BCUT2D eigenvalue weighted by Crippen LogP contribution is -2.03. The number of rotatable bonds is 87. The van der Waals surface area contributed by atoms with E-state index in [0.29, 0.717) is 57.1 Å². The quantitative estimate of drug-likeness (QED) is 0.0273. The van der Waals surface area contributed by atoms with Crippen LogP contribution in [0.3, 0.4) is 0 Å². The molecule has 7 aromatic rings. The van der Waals surface area contributed by atoms with E-state index in [4.69, 9.17) is 43.4 Å². The highest BCUT2D eigenvalue weighted by atomic mass is 16.5. The molecule has 1 aromatic heterocycles. The fourth-order valence-electron chi connectivity index (χ4n) is 18.5. The Bertz CT molecular complexity index is 3860. The maximum Gasteiger partial charge on any atom is 0.164 e. The summed E-state index contributed by atoms with van der Waals surface area (Å²) in [4.78, 5) is 15.7. The van der Waals surface area contributed by atoms with Gasteiger partial charge in [0.25, 0.3) is 0 Å². The molecule has 1 heterocycles. The number of hydrogen-bond donors (Lipinski definition) is 0. The van der Waals surface area contributed by atoms with Gasteiger partial charge in [0, 0.05) is 50.1 Å². The van der Waals surface area contributed by atoms with Gasteiger partial charge in [-0.1, -0.05) is 501 Å². The minimum Gasteiger partial charge on any atom is -0.490 e. The van der Waals surface area contributed by atoms with Crippen molar-refractivity contribution < 1.29 is 28.4 Å². The van der Waals surface area contributed by atoms with Crippen LogP contribution in [0.1, 0.15) is 537 Å². The molecule has 0 aliphatic carbocycles. The van der Waals surface area contributed by atoms with Gasteiger partial charge in [0.2, 0.25) is 0 Å². The second-order valence-electron chi connectivity index (χ2n) is 40.2. The highest BCUT2D eigenvalue weighted by Gasteiger charge is 2.17. The third kappa shape index (κ3) is 57.0. The molecule has 762 valence electrons.